The number of aryl methyl sites for hydroxylation is 1. The number of ether oxygens (including phenoxy) is 2. The van der Waals surface area contributed by atoms with Crippen LogP contribution in [0.2, 0.25) is 0 Å². The van der Waals surface area contributed by atoms with Crippen molar-refractivity contribution in [2.75, 3.05) is 26.8 Å². The molecule has 4 rings (SSSR count). The predicted octanol–water partition coefficient (Wildman–Crippen LogP) is 3.81. The van der Waals surface area contributed by atoms with Gasteiger partial charge in [0, 0.05) is 42.3 Å². The van der Waals surface area contributed by atoms with Crippen LogP contribution >= 0.6 is 11.3 Å². The molecule has 0 N–H and O–H groups in total. The normalized spacial score (nSPS) is 14.7. The molecule has 31 heavy (non-hydrogen) atoms. The maximum Gasteiger partial charge on any atom is 0.309 e. The van der Waals surface area contributed by atoms with Crippen molar-refractivity contribution in [3.8, 4) is 17.0 Å². The van der Waals surface area contributed by atoms with Crippen molar-refractivity contribution < 1.29 is 19.1 Å². The number of esters is 1. The van der Waals surface area contributed by atoms with E-state index in [1.807, 2.05) is 42.3 Å². The molecule has 0 atom stereocenters. The van der Waals surface area contributed by atoms with Crippen molar-refractivity contribution in [2.24, 2.45) is 5.92 Å². The lowest BCUT2D eigenvalue weighted by molar-refractivity contribution is -0.151. The maximum atomic E-state index is 12.7. The summed E-state index contributed by atoms with van der Waals surface area (Å²) in [6, 6.07) is 7.84. The van der Waals surface area contributed by atoms with Crippen molar-refractivity contribution in [2.45, 2.75) is 32.6 Å². The van der Waals surface area contributed by atoms with Gasteiger partial charge in [0.2, 0.25) is 5.91 Å². The molecule has 0 radical (unpaired) electrons. The van der Waals surface area contributed by atoms with Gasteiger partial charge in [0.05, 0.1) is 25.3 Å². The molecule has 2 aromatic heterocycles. The quantitative estimate of drug-likeness (QED) is 0.522. The summed E-state index contributed by atoms with van der Waals surface area (Å²) in [5, 5.41) is 2.07. The molecule has 0 saturated carbocycles. The molecule has 3 aromatic rings. The van der Waals surface area contributed by atoms with Crippen molar-refractivity contribution >= 4 is 28.2 Å². The third kappa shape index (κ3) is 4.74. The van der Waals surface area contributed by atoms with E-state index in [0.717, 1.165) is 27.7 Å². The molecule has 1 aliphatic heterocycles. The molecule has 0 bridgehead atoms. The standard InChI is InChI=1S/C23H27N3O4S/c1-3-30-22(28)17-10-12-25(13-11-17)21(27)9-6-18-15-31-23-24-20(14-26(18)23)16-4-7-19(29-2)8-5-16/h4-5,7-8,14-15,17H,3,6,9-13H2,1-2H3. The number of fused-ring (bicyclic) bond motifs is 1. The Kier molecular flexibility index (Phi) is 6.56. The van der Waals surface area contributed by atoms with Crippen molar-refractivity contribution in [3.63, 3.8) is 0 Å². The summed E-state index contributed by atoms with van der Waals surface area (Å²) in [4.78, 5) is 32.1. The van der Waals surface area contributed by atoms with Crippen LogP contribution in [0.25, 0.3) is 16.2 Å². The zero-order valence-electron chi connectivity index (χ0n) is 17.9. The summed E-state index contributed by atoms with van der Waals surface area (Å²) in [6.07, 6.45) is 4.50. The minimum absolute atomic E-state index is 0.0807. The summed E-state index contributed by atoms with van der Waals surface area (Å²) in [5.41, 5.74) is 3.02. The SMILES string of the molecule is CCOC(=O)C1CCN(C(=O)CCc2csc3nc(-c4ccc(OC)cc4)cn23)CC1. The molecule has 164 valence electrons. The van der Waals surface area contributed by atoms with Gasteiger partial charge in [-0.15, -0.1) is 11.3 Å². The summed E-state index contributed by atoms with van der Waals surface area (Å²) in [5.74, 6) is 0.735. The number of hydrogen-bond donors (Lipinski definition) is 0. The molecule has 1 aliphatic rings. The zero-order chi connectivity index (χ0) is 21.8. The van der Waals surface area contributed by atoms with Crippen LogP contribution < -0.4 is 4.74 Å². The van der Waals surface area contributed by atoms with E-state index < -0.39 is 0 Å². The zero-order valence-corrected chi connectivity index (χ0v) is 18.7. The highest BCUT2D eigenvalue weighted by atomic mass is 32.1. The highest BCUT2D eigenvalue weighted by Gasteiger charge is 2.28. The number of imidazole rings is 1. The van der Waals surface area contributed by atoms with Crippen LogP contribution in [0.15, 0.2) is 35.8 Å². The van der Waals surface area contributed by atoms with Gasteiger partial charge in [-0.1, -0.05) is 0 Å². The first-order valence-corrected chi connectivity index (χ1v) is 11.5. The van der Waals surface area contributed by atoms with Crippen LogP contribution in [0.5, 0.6) is 5.75 Å². The second-order valence-electron chi connectivity index (χ2n) is 7.64. The third-order valence-electron chi connectivity index (χ3n) is 5.73. The number of aromatic nitrogens is 2. The maximum absolute atomic E-state index is 12.7. The Labute approximate surface area is 185 Å². The molecule has 0 aliphatic carbocycles. The van der Waals surface area contributed by atoms with Crippen LogP contribution in [-0.2, 0) is 20.7 Å². The molecular formula is C23H27N3O4S. The summed E-state index contributed by atoms with van der Waals surface area (Å²) < 4.78 is 12.4. The van der Waals surface area contributed by atoms with Gasteiger partial charge in [-0.2, -0.15) is 0 Å². The van der Waals surface area contributed by atoms with Crippen molar-refractivity contribution in [3.05, 3.63) is 41.5 Å². The number of hydrogen-bond acceptors (Lipinski definition) is 6. The Morgan fingerprint density at radius 3 is 2.61 bits per heavy atom. The predicted molar refractivity (Wildman–Crippen MR) is 119 cm³/mol. The van der Waals surface area contributed by atoms with Crippen molar-refractivity contribution in [1.29, 1.82) is 0 Å². The number of likely N-dealkylation sites (tertiary alicyclic amines) is 1. The largest absolute Gasteiger partial charge is 0.497 e. The lowest BCUT2D eigenvalue weighted by Crippen LogP contribution is -2.40. The van der Waals surface area contributed by atoms with Crippen molar-refractivity contribution in [1.82, 2.24) is 14.3 Å². The lowest BCUT2D eigenvalue weighted by atomic mass is 9.96. The summed E-state index contributed by atoms with van der Waals surface area (Å²) in [7, 11) is 1.65. The van der Waals surface area contributed by atoms with Gasteiger partial charge in [-0.25, -0.2) is 4.98 Å². The van der Waals surface area contributed by atoms with E-state index in [1.54, 1.807) is 18.4 Å². The molecular weight excluding hydrogens is 414 g/mol. The lowest BCUT2D eigenvalue weighted by Gasteiger charge is -2.31. The number of thiazole rings is 1. The van der Waals surface area contributed by atoms with Gasteiger partial charge in [-0.3, -0.25) is 14.0 Å². The number of nitrogens with zero attached hydrogens (tertiary/aromatic N) is 3. The number of piperidine rings is 1. The molecule has 1 saturated heterocycles. The molecule has 0 spiro atoms. The minimum atomic E-state index is -0.136. The van der Waals surface area contributed by atoms with E-state index in [9.17, 15) is 9.59 Å². The van der Waals surface area contributed by atoms with E-state index in [4.69, 9.17) is 14.5 Å². The van der Waals surface area contributed by atoms with E-state index >= 15 is 0 Å². The van der Waals surface area contributed by atoms with Crippen LogP contribution in [0.4, 0.5) is 0 Å². The Hall–Kier alpha value is -2.87. The number of benzene rings is 1. The van der Waals surface area contributed by atoms with Gasteiger partial charge >= 0.3 is 5.97 Å². The van der Waals surface area contributed by atoms with E-state index in [-0.39, 0.29) is 17.8 Å². The summed E-state index contributed by atoms with van der Waals surface area (Å²) in [6.45, 7) is 3.46. The Bertz CT molecular complexity index is 1050. The molecule has 8 heteroatoms. The highest BCUT2D eigenvalue weighted by Crippen LogP contribution is 2.26. The van der Waals surface area contributed by atoms with Crippen LogP contribution in [0.1, 0.15) is 31.9 Å². The first-order valence-electron chi connectivity index (χ1n) is 10.6. The Morgan fingerprint density at radius 2 is 1.94 bits per heavy atom. The highest BCUT2D eigenvalue weighted by molar-refractivity contribution is 7.15. The number of amides is 1. The number of carbonyl (C=O) groups is 2. The van der Waals surface area contributed by atoms with Gasteiger partial charge in [-0.05, 0) is 50.5 Å². The number of rotatable bonds is 7. The minimum Gasteiger partial charge on any atom is -0.497 e. The topological polar surface area (TPSA) is 73.1 Å². The third-order valence-corrected chi connectivity index (χ3v) is 6.62. The first-order chi connectivity index (χ1) is 15.1. The smallest absolute Gasteiger partial charge is 0.309 e. The van der Waals surface area contributed by atoms with Gasteiger partial charge in [0.15, 0.2) is 4.96 Å². The fourth-order valence-corrected chi connectivity index (χ4v) is 4.84. The van der Waals surface area contributed by atoms with Crippen LogP contribution in [0, 0.1) is 5.92 Å². The molecule has 1 fully saturated rings. The van der Waals surface area contributed by atoms with Crippen LogP contribution in [0.3, 0.4) is 0 Å². The van der Waals surface area contributed by atoms with Gasteiger partial charge in [0.25, 0.3) is 0 Å². The second-order valence-corrected chi connectivity index (χ2v) is 8.48. The Morgan fingerprint density at radius 1 is 1.19 bits per heavy atom. The van der Waals surface area contributed by atoms with E-state index in [1.165, 1.54) is 0 Å². The average molecular weight is 442 g/mol. The van der Waals surface area contributed by atoms with Crippen LogP contribution in [-0.4, -0.2) is 53.0 Å². The molecule has 0 unspecified atom stereocenters. The number of carbonyl (C=O) groups excluding carboxylic acids is 2. The average Bonchev–Trinajstić information content (AvgIpc) is 3.39. The molecule has 1 amide bonds. The fraction of sp³-hybridized carbons (Fsp3) is 0.435. The van der Waals surface area contributed by atoms with Gasteiger partial charge < -0.3 is 14.4 Å². The monoisotopic (exact) mass is 441 g/mol. The van der Waals surface area contributed by atoms with E-state index in [0.29, 0.717) is 45.4 Å². The number of methoxy groups -OCH3 is 1. The molecule has 7 nitrogen and oxygen atoms in total. The fourth-order valence-electron chi connectivity index (χ4n) is 3.93. The molecule has 3 heterocycles. The second kappa shape index (κ2) is 9.51. The first kappa shape index (κ1) is 21.4. The van der Waals surface area contributed by atoms with Gasteiger partial charge in [0.1, 0.15) is 5.75 Å². The molecule has 1 aromatic carbocycles. The summed E-state index contributed by atoms with van der Waals surface area (Å²) >= 11 is 1.58. The van der Waals surface area contributed by atoms with E-state index in [2.05, 4.69) is 9.78 Å². The Balaban J connectivity index is 1.35.